The summed E-state index contributed by atoms with van der Waals surface area (Å²) in [6.07, 6.45) is 1.81. The molecule has 3 aromatic heterocycles. The van der Waals surface area contributed by atoms with Crippen molar-refractivity contribution in [1.29, 1.82) is 0 Å². The Morgan fingerprint density at radius 3 is 2.59 bits per heavy atom. The maximum atomic E-state index is 13.3. The Hall–Kier alpha value is -2.78. The quantitative estimate of drug-likeness (QED) is 0.497. The van der Waals surface area contributed by atoms with E-state index in [-0.39, 0.29) is 11.7 Å². The summed E-state index contributed by atoms with van der Waals surface area (Å²) in [5.41, 5.74) is 1.63. The van der Waals surface area contributed by atoms with E-state index < -0.39 is 0 Å². The molecule has 0 radical (unpaired) electrons. The summed E-state index contributed by atoms with van der Waals surface area (Å²) in [6.45, 7) is 4.85. The number of thiazole rings is 1. The first kappa shape index (κ1) is 18.3. The van der Waals surface area contributed by atoms with Gasteiger partial charge in [0.2, 0.25) is 0 Å². The molecule has 0 saturated carbocycles. The predicted octanol–water partition coefficient (Wildman–Crippen LogP) is 3.95. The number of aromatic nitrogens is 3. The highest BCUT2D eigenvalue weighted by molar-refractivity contribution is 7.20. The summed E-state index contributed by atoms with van der Waals surface area (Å²) in [4.78, 5) is 23.2. The van der Waals surface area contributed by atoms with Crippen molar-refractivity contribution in [2.75, 3.05) is 31.1 Å². The molecule has 148 valence electrons. The molecule has 0 unspecified atom stereocenters. The third kappa shape index (κ3) is 3.30. The highest BCUT2D eigenvalue weighted by Gasteiger charge is 2.25. The number of carbonyl (C=O) groups is 1. The molecule has 4 heterocycles. The van der Waals surface area contributed by atoms with Gasteiger partial charge >= 0.3 is 0 Å². The first-order valence-electron chi connectivity index (χ1n) is 9.29. The van der Waals surface area contributed by atoms with Crippen LogP contribution in [-0.2, 0) is 0 Å². The van der Waals surface area contributed by atoms with E-state index in [0.717, 1.165) is 39.8 Å². The van der Waals surface area contributed by atoms with Crippen LogP contribution in [0.2, 0.25) is 0 Å². The summed E-state index contributed by atoms with van der Waals surface area (Å²) >= 11 is 3.06. The van der Waals surface area contributed by atoms with E-state index in [9.17, 15) is 9.18 Å². The van der Waals surface area contributed by atoms with Crippen LogP contribution >= 0.6 is 22.7 Å². The molecular formula is C20H18FN5OS2. The van der Waals surface area contributed by atoms with Gasteiger partial charge in [-0.1, -0.05) is 0 Å². The average Bonchev–Trinajstić information content (AvgIpc) is 3.47. The Balaban J connectivity index is 1.39. The highest BCUT2D eigenvalue weighted by Crippen LogP contribution is 2.31. The van der Waals surface area contributed by atoms with E-state index in [2.05, 4.69) is 15.0 Å². The molecule has 9 heteroatoms. The van der Waals surface area contributed by atoms with E-state index in [4.69, 9.17) is 0 Å². The van der Waals surface area contributed by atoms with E-state index in [1.165, 1.54) is 23.5 Å². The third-order valence-corrected chi connectivity index (χ3v) is 7.01. The number of hydrogen-bond donors (Lipinski definition) is 0. The fourth-order valence-corrected chi connectivity index (χ4v) is 5.39. The second-order valence-electron chi connectivity index (χ2n) is 6.90. The van der Waals surface area contributed by atoms with Crippen LogP contribution in [0.25, 0.3) is 15.9 Å². The maximum absolute atomic E-state index is 13.3. The van der Waals surface area contributed by atoms with Crippen molar-refractivity contribution in [2.45, 2.75) is 6.92 Å². The first-order valence-corrected chi connectivity index (χ1v) is 11.0. The number of piperazine rings is 1. The molecule has 1 fully saturated rings. The number of carbonyl (C=O) groups excluding carboxylic acids is 1. The van der Waals surface area contributed by atoms with Crippen LogP contribution in [0.4, 0.5) is 9.52 Å². The lowest BCUT2D eigenvalue weighted by Gasteiger charge is -2.34. The van der Waals surface area contributed by atoms with Gasteiger partial charge in [-0.25, -0.2) is 14.1 Å². The first-order chi connectivity index (χ1) is 14.1. The Morgan fingerprint density at radius 1 is 1.14 bits per heavy atom. The largest absolute Gasteiger partial charge is 0.345 e. The zero-order valence-corrected chi connectivity index (χ0v) is 17.3. The lowest BCUT2D eigenvalue weighted by molar-refractivity contribution is 0.0751. The molecule has 6 nitrogen and oxygen atoms in total. The standard InChI is InChI=1S/C20H18FN5OS2/c1-13-16-12-17(29-19(16)26(23-13)15-4-2-14(21)3-5-15)18(27)24-7-9-25(10-8-24)20-22-6-11-28-20/h2-6,11-12H,7-10H2,1H3. The molecule has 0 bridgehead atoms. The van der Waals surface area contributed by atoms with Gasteiger partial charge in [0.05, 0.1) is 16.3 Å². The monoisotopic (exact) mass is 427 g/mol. The molecule has 0 aliphatic carbocycles. The maximum Gasteiger partial charge on any atom is 0.264 e. The van der Waals surface area contributed by atoms with Crippen LogP contribution in [-0.4, -0.2) is 51.8 Å². The fraction of sp³-hybridized carbons (Fsp3) is 0.250. The number of rotatable bonds is 3. The summed E-state index contributed by atoms with van der Waals surface area (Å²) in [7, 11) is 0. The zero-order valence-electron chi connectivity index (χ0n) is 15.7. The van der Waals surface area contributed by atoms with E-state index in [1.54, 1.807) is 28.2 Å². The number of aryl methyl sites for hydroxylation is 1. The van der Waals surface area contributed by atoms with Gasteiger partial charge in [0.1, 0.15) is 10.6 Å². The topological polar surface area (TPSA) is 54.3 Å². The molecule has 0 atom stereocenters. The van der Waals surface area contributed by atoms with Crippen molar-refractivity contribution in [3.05, 3.63) is 58.3 Å². The van der Waals surface area contributed by atoms with Crippen molar-refractivity contribution in [1.82, 2.24) is 19.7 Å². The normalized spacial score (nSPS) is 14.7. The minimum Gasteiger partial charge on any atom is -0.345 e. The van der Waals surface area contributed by atoms with Crippen LogP contribution in [0.3, 0.4) is 0 Å². The van der Waals surface area contributed by atoms with Crippen LogP contribution in [0.5, 0.6) is 0 Å². The molecule has 1 aromatic carbocycles. The summed E-state index contributed by atoms with van der Waals surface area (Å²) in [5, 5.41) is 8.51. The number of hydrogen-bond acceptors (Lipinski definition) is 6. The van der Waals surface area contributed by atoms with Gasteiger partial charge in [-0.15, -0.1) is 22.7 Å². The van der Waals surface area contributed by atoms with Crippen LogP contribution in [0, 0.1) is 12.7 Å². The van der Waals surface area contributed by atoms with Gasteiger partial charge in [-0.05, 0) is 37.3 Å². The molecule has 4 aromatic rings. The second kappa shape index (κ2) is 7.23. The van der Waals surface area contributed by atoms with Gasteiger partial charge in [-0.2, -0.15) is 5.10 Å². The molecule has 0 N–H and O–H groups in total. The fourth-order valence-electron chi connectivity index (χ4n) is 3.54. The van der Waals surface area contributed by atoms with Crippen LogP contribution in [0.15, 0.2) is 41.9 Å². The molecule has 5 rings (SSSR count). The van der Waals surface area contributed by atoms with Crippen LogP contribution in [0.1, 0.15) is 15.4 Å². The molecule has 0 spiro atoms. The number of anilines is 1. The Labute approximate surface area is 174 Å². The van der Waals surface area contributed by atoms with Crippen molar-refractivity contribution in [3.8, 4) is 5.69 Å². The number of thiophene rings is 1. The number of halogens is 1. The molecule has 29 heavy (non-hydrogen) atoms. The number of nitrogens with zero attached hydrogens (tertiary/aromatic N) is 5. The average molecular weight is 428 g/mol. The van der Waals surface area contributed by atoms with Gasteiger partial charge < -0.3 is 9.80 Å². The van der Waals surface area contributed by atoms with Crippen molar-refractivity contribution in [2.24, 2.45) is 0 Å². The number of amides is 1. The van der Waals surface area contributed by atoms with Gasteiger partial charge in [0.25, 0.3) is 5.91 Å². The summed E-state index contributed by atoms with van der Waals surface area (Å²) in [6, 6.07) is 8.15. The summed E-state index contributed by atoms with van der Waals surface area (Å²) < 4.78 is 15.1. The minimum absolute atomic E-state index is 0.0510. The molecular weight excluding hydrogens is 409 g/mol. The van der Waals surface area contributed by atoms with Crippen molar-refractivity contribution < 1.29 is 9.18 Å². The van der Waals surface area contributed by atoms with Crippen molar-refractivity contribution in [3.63, 3.8) is 0 Å². The SMILES string of the molecule is Cc1nn(-c2ccc(F)cc2)c2sc(C(=O)N3CCN(c4nccs4)CC3)cc12. The summed E-state index contributed by atoms with van der Waals surface area (Å²) in [5.74, 6) is -0.233. The lowest BCUT2D eigenvalue weighted by Crippen LogP contribution is -2.48. The number of benzene rings is 1. The van der Waals surface area contributed by atoms with E-state index >= 15 is 0 Å². The van der Waals surface area contributed by atoms with E-state index in [1.807, 2.05) is 29.5 Å². The number of fused-ring (bicyclic) bond motifs is 1. The molecule has 1 aliphatic rings. The third-order valence-electron chi connectivity index (χ3n) is 5.08. The Bertz CT molecular complexity index is 1160. The molecule has 1 amide bonds. The van der Waals surface area contributed by atoms with Gasteiger partial charge in [0.15, 0.2) is 5.13 Å². The second-order valence-corrected chi connectivity index (χ2v) is 8.80. The Morgan fingerprint density at radius 2 is 1.90 bits per heavy atom. The predicted molar refractivity (Wildman–Crippen MR) is 114 cm³/mol. The van der Waals surface area contributed by atoms with Crippen molar-refractivity contribution >= 4 is 43.9 Å². The van der Waals surface area contributed by atoms with Gasteiger partial charge in [0, 0.05) is 43.1 Å². The Kier molecular flexibility index (Phi) is 4.56. The molecule has 1 saturated heterocycles. The van der Waals surface area contributed by atoms with Gasteiger partial charge in [-0.3, -0.25) is 4.79 Å². The minimum atomic E-state index is -0.284. The zero-order chi connectivity index (χ0) is 20.0. The lowest BCUT2D eigenvalue weighted by atomic mass is 10.2. The highest BCUT2D eigenvalue weighted by atomic mass is 32.1. The van der Waals surface area contributed by atoms with Crippen LogP contribution < -0.4 is 4.90 Å². The van der Waals surface area contributed by atoms with E-state index in [0.29, 0.717) is 18.0 Å². The molecule has 1 aliphatic heterocycles. The smallest absolute Gasteiger partial charge is 0.264 e.